The minimum Gasteiger partial charge on any atom is -0.469 e. The average molecular weight is 284 g/mol. The maximum atomic E-state index is 6.26. The Morgan fingerprint density at radius 2 is 2.06 bits per heavy atom. The van der Waals surface area contributed by atoms with Crippen molar-refractivity contribution >= 4 is 23.2 Å². The van der Waals surface area contributed by atoms with Crippen molar-refractivity contribution in [3.8, 4) is 0 Å². The molecule has 96 valence electrons. The number of hydrogen-bond acceptors (Lipinski definition) is 2. The van der Waals surface area contributed by atoms with Crippen LogP contribution >= 0.6 is 23.2 Å². The molecule has 0 aliphatic heterocycles. The Labute approximate surface area is 117 Å². The first kappa shape index (κ1) is 13.5. The van der Waals surface area contributed by atoms with Crippen LogP contribution in [0.3, 0.4) is 0 Å². The highest BCUT2D eigenvalue weighted by atomic mass is 35.5. The zero-order valence-corrected chi connectivity index (χ0v) is 11.6. The van der Waals surface area contributed by atoms with Gasteiger partial charge < -0.3 is 9.73 Å². The van der Waals surface area contributed by atoms with E-state index in [1.54, 1.807) is 12.3 Å². The summed E-state index contributed by atoms with van der Waals surface area (Å²) in [5, 5.41) is 4.59. The van der Waals surface area contributed by atoms with Crippen molar-refractivity contribution in [2.45, 2.75) is 19.4 Å². The molecule has 0 saturated heterocycles. The second kappa shape index (κ2) is 6.28. The third-order valence-corrected chi connectivity index (χ3v) is 3.63. The van der Waals surface area contributed by atoms with Gasteiger partial charge in [0, 0.05) is 12.5 Å². The van der Waals surface area contributed by atoms with Crippen LogP contribution in [0, 0.1) is 0 Å². The first-order valence-corrected chi connectivity index (χ1v) is 6.67. The third-order valence-electron chi connectivity index (χ3n) is 2.79. The molecule has 1 heterocycles. The van der Waals surface area contributed by atoms with Gasteiger partial charge >= 0.3 is 0 Å². The van der Waals surface area contributed by atoms with E-state index in [4.69, 9.17) is 27.6 Å². The molecule has 0 radical (unpaired) electrons. The van der Waals surface area contributed by atoms with Gasteiger partial charge in [0.05, 0.1) is 16.3 Å². The molecule has 2 nitrogen and oxygen atoms in total. The van der Waals surface area contributed by atoms with E-state index in [9.17, 15) is 0 Å². The summed E-state index contributed by atoms with van der Waals surface area (Å²) in [6.45, 7) is 2.92. The van der Waals surface area contributed by atoms with Crippen LogP contribution in [0.4, 0.5) is 0 Å². The molecule has 0 aliphatic rings. The number of nitrogens with one attached hydrogen (secondary N) is 1. The smallest absolute Gasteiger partial charge is 0.105 e. The van der Waals surface area contributed by atoms with E-state index in [0.717, 1.165) is 24.3 Å². The molecule has 4 heteroatoms. The first-order chi connectivity index (χ1) is 8.72. The van der Waals surface area contributed by atoms with Crippen molar-refractivity contribution in [2.24, 2.45) is 0 Å². The van der Waals surface area contributed by atoms with Gasteiger partial charge in [0.2, 0.25) is 0 Å². The summed E-state index contributed by atoms with van der Waals surface area (Å²) >= 11 is 12.3. The maximum absolute atomic E-state index is 6.26. The maximum Gasteiger partial charge on any atom is 0.105 e. The van der Waals surface area contributed by atoms with Crippen molar-refractivity contribution in [3.63, 3.8) is 0 Å². The van der Waals surface area contributed by atoms with Crippen LogP contribution in [0.25, 0.3) is 0 Å². The van der Waals surface area contributed by atoms with Gasteiger partial charge in [-0.1, -0.05) is 42.3 Å². The molecule has 0 fully saturated rings. The molecule has 2 rings (SSSR count). The number of halogens is 2. The fourth-order valence-corrected chi connectivity index (χ4v) is 2.40. The van der Waals surface area contributed by atoms with E-state index in [2.05, 4.69) is 12.2 Å². The van der Waals surface area contributed by atoms with Crippen LogP contribution < -0.4 is 5.32 Å². The SMILES string of the molecule is CCNC(Cc1ccco1)c1cccc(Cl)c1Cl. The highest BCUT2D eigenvalue weighted by molar-refractivity contribution is 6.42. The van der Waals surface area contributed by atoms with Crippen LogP contribution in [0.2, 0.25) is 10.0 Å². The Kier molecular flexibility index (Phi) is 4.70. The molecule has 18 heavy (non-hydrogen) atoms. The Hall–Kier alpha value is -0.960. The van der Waals surface area contributed by atoms with E-state index >= 15 is 0 Å². The van der Waals surface area contributed by atoms with Crippen LogP contribution in [-0.4, -0.2) is 6.54 Å². The fraction of sp³-hybridized carbons (Fsp3) is 0.286. The van der Waals surface area contributed by atoms with E-state index < -0.39 is 0 Å². The molecule has 0 amide bonds. The largest absolute Gasteiger partial charge is 0.469 e. The lowest BCUT2D eigenvalue weighted by atomic mass is 10.0. The van der Waals surface area contributed by atoms with Gasteiger partial charge in [-0.2, -0.15) is 0 Å². The van der Waals surface area contributed by atoms with Crippen molar-refractivity contribution < 1.29 is 4.42 Å². The standard InChI is InChI=1S/C14H15Cl2NO/c1-2-17-13(9-10-5-4-8-18-10)11-6-3-7-12(15)14(11)16/h3-8,13,17H,2,9H2,1H3. The van der Waals surface area contributed by atoms with Crippen LogP contribution in [0.5, 0.6) is 0 Å². The monoisotopic (exact) mass is 283 g/mol. The summed E-state index contributed by atoms with van der Waals surface area (Å²) in [6, 6.07) is 9.65. The summed E-state index contributed by atoms with van der Waals surface area (Å²) < 4.78 is 5.39. The fourth-order valence-electron chi connectivity index (χ4n) is 1.96. The molecule has 1 atom stereocenters. The lowest BCUT2D eigenvalue weighted by Gasteiger charge is -2.19. The molecular weight excluding hydrogens is 269 g/mol. The van der Waals surface area contributed by atoms with E-state index in [1.807, 2.05) is 24.3 Å². The number of hydrogen-bond donors (Lipinski definition) is 1. The molecule has 0 saturated carbocycles. The summed E-state index contributed by atoms with van der Waals surface area (Å²) in [4.78, 5) is 0. The Morgan fingerprint density at radius 1 is 1.22 bits per heavy atom. The lowest BCUT2D eigenvalue weighted by molar-refractivity contribution is 0.455. The van der Waals surface area contributed by atoms with Crippen LogP contribution in [-0.2, 0) is 6.42 Å². The molecule has 0 spiro atoms. The van der Waals surface area contributed by atoms with Gasteiger partial charge in [0.1, 0.15) is 5.76 Å². The van der Waals surface area contributed by atoms with Gasteiger partial charge in [0.25, 0.3) is 0 Å². The zero-order valence-electron chi connectivity index (χ0n) is 10.1. The number of rotatable bonds is 5. The Balaban J connectivity index is 2.26. The van der Waals surface area contributed by atoms with E-state index in [1.165, 1.54) is 0 Å². The highest BCUT2D eigenvalue weighted by Crippen LogP contribution is 2.31. The summed E-state index contributed by atoms with van der Waals surface area (Å²) in [6.07, 6.45) is 2.43. The van der Waals surface area contributed by atoms with Crippen molar-refractivity contribution in [1.82, 2.24) is 5.32 Å². The minimum atomic E-state index is 0.104. The quantitative estimate of drug-likeness (QED) is 0.875. The van der Waals surface area contributed by atoms with Crippen LogP contribution in [0.1, 0.15) is 24.3 Å². The first-order valence-electron chi connectivity index (χ1n) is 5.92. The number of benzene rings is 1. The average Bonchev–Trinajstić information content (AvgIpc) is 2.85. The molecule has 1 aromatic heterocycles. The zero-order chi connectivity index (χ0) is 13.0. The highest BCUT2D eigenvalue weighted by Gasteiger charge is 2.17. The minimum absolute atomic E-state index is 0.104. The second-order valence-electron chi connectivity index (χ2n) is 4.04. The summed E-state index contributed by atoms with van der Waals surface area (Å²) in [5.74, 6) is 0.928. The summed E-state index contributed by atoms with van der Waals surface area (Å²) in [5.41, 5.74) is 1.00. The Bertz CT molecular complexity index is 497. The molecule has 1 aromatic carbocycles. The Morgan fingerprint density at radius 3 is 2.72 bits per heavy atom. The molecular formula is C14H15Cl2NO. The van der Waals surface area contributed by atoms with E-state index in [0.29, 0.717) is 10.0 Å². The van der Waals surface area contributed by atoms with Crippen molar-refractivity contribution in [3.05, 3.63) is 58.0 Å². The predicted octanol–water partition coefficient (Wildman–Crippen LogP) is 4.48. The van der Waals surface area contributed by atoms with Crippen molar-refractivity contribution in [1.29, 1.82) is 0 Å². The number of likely N-dealkylation sites (N-methyl/N-ethyl adjacent to an activating group) is 1. The third kappa shape index (κ3) is 3.08. The number of furan rings is 1. The van der Waals surface area contributed by atoms with Gasteiger partial charge in [-0.3, -0.25) is 0 Å². The van der Waals surface area contributed by atoms with Crippen LogP contribution in [0.15, 0.2) is 41.0 Å². The van der Waals surface area contributed by atoms with Gasteiger partial charge in [-0.25, -0.2) is 0 Å². The normalized spacial score (nSPS) is 12.6. The van der Waals surface area contributed by atoms with Gasteiger partial charge in [0.15, 0.2) is 0 Å². The van der Waals surface area contributed by atoms with E-state index in [-0.39, 0.29) is 6.04 Å². The second-order valence-corrected chi connectivity index (χ2v) is 4.82. The van der Waals surface area contributed by atoms with Crippen molar-refractivity contribution in [2.75, 3.05) is 6.54 Å². The molecule has 2 aromatic rings. The predicted molar refractivity (Wildman–Crippen MR) is 75.3 cm³/mol. The topological polar surface area (TPSA) is 25.2 Å². The van der Waals surface area contributed by atoms with Gasteiger partial charge in [-0.15, -0.1) is 0 Å². The molecule has 0 bridgehead atoms. The molecule has 0 aliphatic carbocycles. The lowest BCUT2D eigenvalue weighted by Crippen LogP contribution is -2.23. The van der Waals surface area contributed by atoms with Gasteiger partial charge in [-0.05, 0) is 30.3 Å². The summed E-state index contributed by atoms with van der Waals surface area (Å²) in [7, 11) is 0. The molecule has 1 N–H and O–H groups in total. The molecule has 1 unspecified atom stereocenters.